The molecule has 4 heterocycles. The largest absolute Gasteiger partial charge is 0.371 e. The van der Waals surface area contributed by atoms with Gasteiger partial charge in [-0.15, -0.1) is 0 Å². The van der Waals surface area contributed by atoms with Crippen LogP contribution in [0.3, 0.4) is 0 Å². The number of aryl methyl sites for hydroxylation is 4. The van der Waals surface area contributed by atoms with E-state index < -0.39 is 0 Å². The first kappa shape index (κ1) is 17.6. The number of hydrogen-bond acceptors (Lipinski definition) is 4. The molecule has 0 saturated carbocycles. The fraction of sp³-hybridized carbons (Fsp3) is 0.500. The predicted octanol–water partition coefficient (Wildman–Crippen LogP) is 5.88. The fourth-order valence-electron chi connectivity index (χ4n) is 5.74. The first-order valence-corrected chi connectivity index (χ1v) is 13.2. The van der Waals surface area contributed by atoms with Gasteiger partial charge in [0.2, 0.25) is 0 Å². The van der Waals surface area contributed by atoms with Crippen molar-refractivity contribution in [2.45, 2.75) is 61.2 Å². The van der Waals surface area contributed by atoms with Crippen LogP contribution in [-0.4, -0.2) is 26.2 Å². The van der Waals surface area contributed by atoms with Crippen LogP contribution in [0.15, 0.2) is 34.1 Å². The lowest BCUT2D eigenvalue weighted by molar-refractivity contribution is 0.632. The summed E-state index contributed by atoms with van der Waals surface area (Å²) in [5.41, 5.74) is 9.58. The summed E-state index contributed by atoms with van der Waals surface area (Å²) in [5, 5.41) is 0. The summed E-state index contributed by atoms with van der Waals surface area (Å²) in [7, 11) is 3.95. The summed E-state index contributed by atoms with van der Waals surface area (Å²) >= 11 is 0. The highest BCUT2D eigenvalue weighted by atomic mass is 33.1. The van der Waals surface area contributed by atoms with E-state index in [0.29, 0.717) is 0 Å². The third-order valence-corrected chi connectivity index (χ3v) is 9.19. The van der Waals surface area contributed by atoms with Crippen LogP contribution in [0.25, 0.3) is 0 Å². The molecule has 0 amide bonds. The highest BCUT2D eigenvalue weighted by Gasteiger charge is 2.26. The van der Waals surface area contributed by atoms with Crippen LogP contribution in [0.5, 0.6) is 0 Å². The lowest BCUT2D eigenvalue weighted by Crippen LogP contribution is -2.34. The molecule has 6 rings (SSSR count). The Morgan fingerprint density at radius 1 is 0.500 bits per heavy atom. The van der Waals surface area contributed by atoms with E-state index in [-0.39, 0.29) is 0 Å². The SMILES string of the molecule is c1c(SSc2cc3c4c(c2)CCCN4CCC3)cc2c3c1CCCN3CCC2. The van der Waals surface area contributed by atoms with Gasteiger partial charge < -0.3 is 9.80 Å². The molecule has 0 unspecified atom stereocenters. The summed E-state index contributed by atoms with van der Waals surface area (Å²) in [4.78, 5) is 8.18. The van der Waals surface area contributed by atoms with Gasteiger partial charge in [0.15, 0.2) is 0 Å². The lowest BCUT2D eigenvalue weighted by atomic mass is 9.92. The molecular formula is C24H28N2S2. The number of hydrogen-bond donors (Lipinski definition) is 0. The van der Waals surface area contributed by atoms with Gasteiger partial charge in [-0.05, 0) is 97.9 Å². The zero-order chi connectivity index (χ0) is 18.5. The zero-order valence-electron chi connectivity index (χ0n) is 16.5. The van der Waals surface area contributed by atoms with Gasteiger partial charge in [-0.25, -0.2) is 0 Å². The molecule has 4 aliphatic heterocycles. The van der Waals surface area contributed by atoms with Crippen LogP contribution in [0, 0.1) is 0 Å². The molecule has 0 spiro atoms. The molecule has 0 radical (unpaired) electrons. The number of nitrogens with zero attached hydrogens (tertiary/aromatic N) is 2. The highest BCUT2D eigenvalue weighted by molar-refractivity contribution is 8.76. The Labute approximate surface area is 176 Å². The van der Waals surface area contributed by atoms with E-state index >= 15 is 0 Å². The molecule has 2 aromatic carbocycles. The van der Waals surface area contributed by atoms with Crippen molar-refractivity contribution in [3.63, 3.8) is 0 Å². The molecule has 0 saturated heterocycles. The maximum absolute atomic E-state index is 2.64. The molecule has 2 aromatic rings. The van der Waals surface area contributed by atoms with Crippen molar-refractivity contribution in [3.05, 3.63) is 46.5 Å². The van der Waals surface area contributed by atoms with Crippen LogP contribution < -0.4 is 9.80 Å². The Morgan fingerprint density at radius 3 is 1.14 bits per heavy atom. The zero-order valence-corrected chi connectivity index (χ0v) is 18.1. The van der Waals surface area contributed by atoms with E-state index in [0.717, 1.165) is 0 Å². The van der Waals surface area contributed by atoms with Crippen LogP contribution in [0.4, 0.5) is 11.4 Å². The molecule has 4 heteroatoms. The molecule has 4 aliphatic rings. The van der Waals surface area contributed by atoms with Gasteiger partial charge in [0.25, 0.3) is 0 Å². The topological polar surface area (TPSA) is 6.48 Å². The minimum Gasteiger partial charge on any atom is -0.371 e. The quantitative estimate of drug-likeness (QED) is 0.585. The Balaban J connectivity index is 1.27. The van der Waals surface area contributed by atoms with E-state index in [4.69, 9.17) is 0 Å². The molecule has 28 heavy (non-hydrogen) atoms. The number of anilines is 2. The Kier molecular flexibility index (Phi) is 4.53. The molecule has 2 nitrogen and oxygen atoms in total. The van der Waals surface area contributed by atoms with Crippen LogP contribution in [0.1, 0.15) is 47.9 Å². The van der Waals surface area contributed by atoms with Crippen LogP contribution in [0.2, 0.25) is 0 Å². The summed E-state index contributed by atoms with van der Waals surface area (Å²) in [6, 6.07) is 9.94. The molecule has 0 bridgehead atoms. The predicted molar refractivity (Wildman–Crippen MR) is 122 cm³/mol. The van der Waals surface area contributed by atoms with E-state index in [9.17, 15) is 0 Å². The molecule has 0 fully saturated rings. The van der Waals surface area contributed by atoms with Gasteiger partial charge >= 0.3 is 0 Å². The van der Waals surface area contributed by atoms with Gasteiger partial charge in [-0.3, -0.25) is 0 Å². The Hall–Kier alpha value is -1.26. The smallest absolute Gasteiger partial charge is 0.0432 e. The van der Waals surface area contributed by atoms with Gasteiger partial charge in [0, 0.05) is 47.3 Å². The van der Waals surface area contributed by atoms with Gasteiger partial charge in [0.1, 0.15) is 0 Å². The summed E-state index contributed by atoms with van der Waals surface area (Å²) in [6.45, 7) is 5.04. The maximum atomic E-state index is 2.64. The van der Waals surface area contributed by atoms with E-state index in [1.807, 2.05) is 21.6 Å². The molecule has 0 aromatic heterocycles. The first-order valence-electron chi connectivity index (χ1n) is 11.0. The van der Waals surface area contributed by atoms with Crippen molar-refractivity contribution in [3.8, 4) is 0 Å². The number of benzene rings is 2. The summed E-state index contributed by atoms with van der Waals surface area (Å²) in [6.07, 6.45) is 10.3. The average Bonchev–Trinajstić information content (AvgIpc) is 2.73. The molecule has 0 aliphatic carbocycles. The molecular weight excluding hydrogens is 380 g/mol. The van der Waals surface area contributed by atoms with E-state index in [2.05, 4.69) is 34.1 Å². The summed E-state index contributed by atoms with van der Waals surface area (Å²) < 4.78 is 0. The van der Waals surface area contributed by atoms with Crippen molar-refractivity contribution >= 4 is 33.0 Å². The van der Waals surface area contributed by atoms with Gasteiger partial charge in [-0.1, -0.05) is 21.6 Å². The van der Waals surface area contributed by atoms with Gasteiger partial charge in [-0.2, -0.15) is 0 Å². The van der Waals surface area contributed by atoms with Gasteiger partial charge in [0.05, 0.1) is 0 Å². The van der Waals surface area contributed by atoms with Crippen molar-refractivity contribution < 1.29 is 0 Å². The normalized spacial score (nSPS) is 20.0. The summed E-state index contributed by atoms with van der Waals surface area (Å²) in [5.74, 6) is 0. The van der Waals surface area contributed by atoms with E-state index in [1.54, 1.807) is 33.6 Å². The Bertz CT molecular complexity index is 785. The van der Waals surface area contributed by atoms with Crippen molar-refractivity contribution in [1.82, 2.24) is 0 Å². The van der Waals surface area contributed by atoms with Crippen LogP contribution >= 0.6 is 21.6 Å². The van der Waals surface area contributed by atoms with Crippen molar-refractivity contribution in [2.75, 3.05) is 36.0 Å². The maximum Gasteiger partial charge on any atom is 0.0432 e. The minimum absolute atomic E-state index is 1.26. The fourth-order valence-corrected chi connectivity index (χ4v) is 7.84. The molecule has 0 atom stereocenters. The standard InChI is InChI=1S/C24H28N2S2/c1-5-17-13-21(14-18-6-2-10-25(9-1)23(17)18)27-28-22-15-19-7-3-11-26-12-4-8-20(16-22)24(19)26/h13-16H,1-12H2. The molecule has 0 N–H and O–H groups in total. The van der Waals surface area contributed by atoms with Crippen LogP contribution in [-0.2, 0) is 25.7 Å². The third-order valence-electron chi connectivity index (χ3n) is 6.85. The Morgan fingerprint density at radius 2 is 0.821 bits per heavy atom. The second-order valence-electron chi connectivity index (χ2n) is 8.74. The monoisotopic (exact) mass is 408 g/mol. The van der Waals surface area contributed by atoms with Crippen molar-refractivity contribution in [2.24, 2.45) is 0 Å². The molecule has 146 valence electrons. The van der Waals surface area contributed by atoms with E-state index in [1.165, 1.54) is 87.3 Å². The average molecular weight is 409 g/mol. The van der Waals surface area contributed by atoms with Crippen molar-refractivity contribution in [1.29, 1.82) is 0 Å². The second-order valence-corrected chi connectivity index (χ2v) is 11.0. The minimum atomic E-state index is 1.26. The highest BCUT2D eigenvalue weighted by Crippen LogP contribution is 2.45. The third kappa shape index (κ3) is 3.04. The lowest BCUT2D eigenvalue weighted by Gasteiger charge is -2.37. The number of rotatable bonds is 3. The second kappa shape index (κ2) is 7.21. The first-order chi connectivity index (χ1) is 13.8.